The number of methoxy groups -OCH3 is 3. The minimum absolute atomic E-state index is 0.195. The molecule has 140 valence electrons. The molecule has 1 atom stereocenters. The smallest absolute Gasteiger partial charge is 0.309 e. The van der Waals surface area contributed by atoms with E-state index < -0.39 is 0 Å². The quantitative estimate of drug-likeness (QED) is 0.643. The zero-order valence-corrected chi connectivity index (χ0v) is 15.9. The fraction of sp³-hybridized carbons (Fsp3) is 0.381. The highest BCUT2D eigenvalue weighted by Gasteiger charge is 2.18. The number of benzene rings is 2. The Balaban J connectivity index is 2.12. The molecule has 0 N–H and O–H groups in total. The maximum atomic E-state index is 11.8. The van der Waals surface area contributed by atoms with Gasteiger partial charge in [-0.15, -0.1) is 0 Å². The van der Waals surface area contributed by atoms with E-state index in [9.17, 15) is 4.79 Å². The van der Waals surface area contributed by atoms with Gasteiger partial charge in [0, 0.05) is 19.6 Å². The number of carbonyl (C=O) groups excluding carboxylic acids is 1. The molecule has 0 saturated heterocycles. The summed E-state index contributed by atoms with van der Waals surface area (Å²) in [6, 6.07) is 16.0. The van der Waals surface area contributed by atoms with Crippen LogP contribution in [0.2, 0.25) is 0 Å². The highest BCUT2D eigenvalue weighted by molar-refractivity contribution is 5.72. The van der Waals surface area contributed by atoms with E-state index in [2.05, 4.69) is 4.90 Å². The second-order valence-corrected chi connectivity index (χ2v) is 6.29. The summed E-state index contributed by atoms with van der Waals surface area (Å²) in [5.74, 6) is 1.27. The van der Waals surface area contributed by atoms with E-state index in [-0.39, 0.29) is 11.9 Å². The molecule has 5 heteroatoms. The Morgan fingerprint density at radius 2 is 1.27 bits per heavy atom. The molecule has 2 rings (SSSR count). The number of nitrogens with zero attached hydrogens (tertiary/aromatic N) is 1. The topological polar surface area (TPSA) is 48.0 Å². The Kier molecular flexibility index (Phi) is 7.48. The van der Waals surface area contributed by atoms with E-state index in [0.717, 1.165) is 35.7 Å². The second kappa shape index (κ2) is 9.82. The first-order chi connectivity index (χ1) is 12.5. The Labute approximate surface area is 155 Å². The van der Waals surface area contributed by atoms with Gasteiger partial charge in [-0.1, -0.05) is 31.2 Å². The third-order valence-electron chi connectivity index (χ3n) is 4.27. The first-order valence-corrected chi connectivity index (χ1v) is 8.61. The molecule has 0 fully saturated rings. The predicted octanol–water partition coefficient (Wildman–Crippen LogP) is 3.52. The zero-order valence-electron chi connectivity index (χ0n) is 15.9. The molecule has 2 aromatic carbocycles. The standard InChI is InChI=1S/C21H27NO4/c1-16(21(23)26-4)13-22(14-17-5-9-19(24-2)10-6-17)15-18-7-11-20(25-3)12-8-18/h5-12,16H,13-15H2,1-4H3/t16-/m0/s1. The summed E-state index contributed by atoms with van der Waals surface area (Å²) in [6.45, 7) is 3.97. The molecule has 5 nitrogen and oxygen atoms in total. The molecule has 0 amide bonds. The zero-order chi connectivity index (χ0) is 18.9. The van der Waals surface area contributed by atoms with Gasteiger partial charge in [-0.05, 0) is 35.4 Å². The van der Waals surface area contributed by atoms with Crippen molar-refractivity contribution in [3.63, 3.8) is 0 Å². The summed E-state index contributed by atoms with van der Waals surface area (Å²) < 4.78 is 15.3. The molecule has 0 bridgehead atoms. The molecule has 0 heterocycles. The molecular formula is C21H27NO4. The number of hydrogen-bond acceptors (Lipinski definition) is 5. The molecule has 0 aliphatic carbocycles. The maximum absolute atomic E-state index is 11.8. The van der Waals surface area contributed by atoms with E-state index in [0.29, 0.717) is 6.54 Å². The van der Waals surface area contributed by atoms with Crippen molar-refractivity contribution >= 4 is 5.97 Å². The lowest BCUT2D eigenvalue weighted by Gasteiger charge is -2.25. The summed E-state index contributed by atoms with van der Waals surface area (Å²) in [5.41, 5.74) is 2.33. The number of ether oxygens (including phenoxy) is 3. The van der Waals surface area contributed by atoms with Crippen LogP contribution in [0.25, 0.3) is 0 Å². The molecular weight excluding hydrogens is 330 g/mol. The van der Waals surface area contributed by atoms with E-state index in [1.807, 2.05) is 55.5 Å². The summed E-state index contributed by atoms with van der Waals surface area (Å²) in [7, 11) is 4.74. The van der Waals surface area contributed by atoms with Crippen LogP contribution < -0.4 is 9.47 Å². The van der Waals surface area contributed by atoms with Gasteiger partial charge in [-0.3, -0.25) is 9.69 Å². The van der Waals surface area contributed by atoms with Crippen molar-refractivity contribution in [2.75, 3.05) is 27.9 Å². The van der Waals surface area contributed by atoms with Gasteiger partial charge in [-0.25, -0.2) is 0 Å². The first-order valence-electron chi connectivity index (χ1n) is 8.61. The molecule has 0 radical (unpaired) electrons. The minimum atomic E-state index is -0.198. The highest BCUT2D eigenvalue weighted by atomic mass is 16.5. The number of hydrogen-bond donors (Lipinski definition) is 0. The highest BCUT2D eigenvalue weighted by Crippen LogP contribution is 2.18. The van der Waals surface area contributed by atoms with Gasteiger partial charge >= 0.3 is 5.97 Å². The van der Waals surface area contributed by atoms with Crippen LogP contribution in [0.5, 0.6) is 11.5 Å². The summed E-state index contributed by atoms with van der Waals surface area (Å²) in [5, 5.41) is 0. The molecule has 0 aliphatic rings. The average Bonchev–Trinajstić information content (AvgIpc) is 2.68. The lowest BCUT2D eigenvalue weighted by molar-refractivity contribution is -0.145. The third kappa shape index (κ3) is 5.77. The fourth-order valence-corrected chi connectivity index (χ4v) is 2.83. The summed E-state index contributed by atoms with van der Waals surface area (Å²) in [6.07, 6.45) is 0. The van der Waals surface area contributed by atoms with E-state index in [4.69, 9.17) is 14.2 Å². The fourth-order valence-electron chi connectivity index (χ4n) is 2.83. The molecule has 2 aromatic rings. The molecule has 0 aliphatic heterocycles. The average molecular weight is 357 g/mol. The van der Waals surface area contributed by atoms with Gasteiger partial charge < -0.3 is 14.2 Å². The van der Waals surface area contributed by atoms with Crippen molar-refractivity contribution < 1.29 is 19.0 Å². The maximum Gasteiger partial charge on any atom is 0.309 e. The third-order valence-corrected chi connectivity index (χ3v) is 4.27. The second-order valence-electron chi connectivity index (χ2n) is 6.29. The van der Waals surface area contributed by atoms with Crippen LogP contribution in [0, 0.1) is 5.92 Å². The molecule has 0 spiro atoms. The lowest BCUT2D eigenvalue weighted by atomic mass is 10.1. The number of esters is 1. The van der Waals surface area contributed by atoms with Gasteiger partial charge in [0.25, 0.3) is 0 Å². The van der Waals surface area contributed by atoms with E-state index >= 15 is 0 Å². The molecule has 0 saturated carbocycles. The molecule has 0 unspecified atom stereocenters. The van der Waals surface area contributed by atoms with Crippen molar-refractivity contribution in [2.24, 2.45) is 5.92 Å². The SMILES string of the molecule is COC(=O)[C@@H](C)CN(Cc1ccc(OC)cc1)Cc1ccc(OC)cc1. The summed E-state index contributed by atoms with van der Waals surface area (Å²) >= 11 is 0. The molecule has 26 heavy (non-hydrogen) atoms. The normalized spacial score (nSPS) is 11.9. The van der Waals surface area contributed by atoms with Crippen molar-refractivity contribution in [2.45, 2.75) is 20.0 Å². The van der Waals surface area contributed by atoms with Crippen LogP contribution in [-0.4, -0.2) is 38.7 Å². The predicted molar refractivity (Wildman–Crippen MR) is 101 cm³/mol. The van der Waals surface area contributed by atoms with Gasteiger partial charge in [0.15, 0.2) is 0 Å². The van der Waals surface area contributed by atoms with Gasteiger partial charge in [0.05, 0.1) is 27.2 Å². The van der Waals surface area contributed by atoms with Gasteiger partial charge in [0.2, 0.25) is 0 Å². The largest absolute Gasteiger partial charge is 0.497 e. The van der Waals surface area contributed by atoms with Gasteiger partial charge in [-0.2, -0.15) is 0 Å². The van der Waals surface area contributed by atoms with Crippen LogP contribution in [0.3, 0.4) is 0 Å². The monoisotopic (exact) mass is 357 g/mol. The van der Waals surface area contributed by atoms with Crippen LogP contribution >= 0.6 is 0 Å². The van der Waals surface area contributed by atoms with Crippen LogP contribution in [0.15, 0.2) is 48.5 Å². The van der Waals surface area contributed by atoms with E-state index in [1.54, 1.807) is 14.2 Å². The Morgan fingerprint density at radius 1 is 0.846 bits per heavy atom. The van der Waals surface area contributed by atoms with E-state index in [1.165, 1.54) is 7.11 Å². The van der Waals surface area contributed by atoms with Crippen molar-refractivity contribution in [3.05, 3.63) is 59.7 Å². The van der Waals surface area contributed by atoms with Crippen LogP contribution in [0.1, 0.15) is 18.1 Å². The Bertz CT molecular complexity index is 633. The molecule has 0 aromatic heterocycles. The van der Waals surface area contributed by atoms with Gasteiger partial charge in [0.1, 0.15) is 11.5 Å². The van der Waals surface area contributed by atoms with Crippen molar-refractivity contribution in [1.82, 2.24) is 4.90 Å². The van der Waals surface area contributed by atoms with Crippen LogP contribution in [-0.2, 0) is 22.6 Å². The first kappa shape index (κ1) is 19.8. The van der Waals surface area contributed by atoms with Crippen molar-refractivity contribution in [3.8, 4) is 11.5 Å². The van der Waals surface area contributed by atoms with Crippen molar-refractivity contribution in [1.29, 1.82) is 0 Å². The Morgan fingerprint density at radius 3 is 1.62 bits per heavy atom. The summed E-state index contributed by atoms with van der Waals surface area (Å²) in [4.78, 5) is 14.1. The van der Waals surface area contributed by atoms with Crippen LogP contribution in [0.4, 0.5) is 0 Å². The minimum Gasteiger partial charge on any atom is -0.497 e. The Hall–Kier alpha value is -2.53. The number of rotatable bonds is 9. The number of carbonyl (C=O) groups is 1. The lowest BCUT2D eigenvalue weighted by Crippen LogP contribution is -2.31.